The number of anilines is 1. The fourth-order valence-corrected chi connectivity index (χ4v) is 7.23. The molecule has 0 radical (unpaired) electrons. The molecular formula is C39H33NO5S. The van der Waals surface area contributed by atoms with Gasteiger partial charge in [-0.25, -0.2) is 8.42 Å². The Hall–Kier alpha value is -5.27. The van der Waals surface area contributed by atoms with Crippen LogP contribution in [0.5, 0.6) is 0 Å². The molecule has 0 aliphatic heterocycles. The standard InChI is InChI=1S/C39H33NO5S/c1-45-39(42)35(22-28-10-3-2-4-11-28)26-38(41)34-16-9-17-36(24-34)40(27-29-18-19-30-12-5-7-14-32(30)23-29)46(43,44)37-21-20-31-13-6-8-15-33(31)25-37/h2-21,23-25,35H,22,26-27H2,1H3. The van der Waals surface area contributed by atoms with Gasteiger partial charge < -0.3 is 4.74 Å². The average Bonchev–Trinajstić information content (AvgIpc) is 3.10. The third-order valence-electron chi connectivity index (χ3n) is 8.20. The highest BCUT2D eigenvalue weighted by molar-refractivity contribution is 7.92. The summed E-state index contributed by atoms with van der Waals surface area (Å²) in [6.45, 7) is 0.0520. The molecule has 46 heavy (non-hydrogen) atoms. The molecule has 0 saturated heterocycles. The van der Waals surface area contributed by atoms with Crippen molar-refractivity contribution in [3.8, 4) is 0 Å². The van der Waals surface area contributed by atoms with Crippen LogP contribution in [-0.2, 0) is 32.5 Å². The van der Waals surface area contributed by atoms with Crippen molar-refractivity contribution in [1.29, 1.82) is 0 Å². The Morgan fingerprint density at radius 2 is 1.28 bits per heavy atom. The van der Waals surface area contributed by atoms with Gasteiger partial charge >= 0.3 is 5.97 Å². The van der Waals surface area contributed by atoms with E-state index in [1.165, 1.54) is 11.4 Å². The second-order valence-corrected chi connectivity index (χ2v) is 13.2. The third kappa shape index (κ3) is 6.70. The second kappa shape index (κ2) is 13.4. The number of benzene rings is 6. The minimum atomic E-state index is -4.07. The molecule has 0 aliphatic carbocycles. The van der Waals surface area contributed by atoms with E-state index in [0.29, 0.717) is 17.7 Å². The predicted molar refractivity (Wildman–Crippen MR) is 182 cm³/mol. The maximum absolute atomic E-state index is 14.4. The monoisotopic (exact) mass is 627 g/mol. The van der Waals surface area contributed by atoms with Gasteiger partial charge in [0.1, 0.15) is 0 Å². The lowest BCUT2D eigenvalue weighted by atomic mass is 9.92. The van der Waals surface area contributed by atoms with Crippen molar-refractivity contribution in [2.24, 2.45) is 5.92 Å². The number of fused-ring (bicyclic) bond motifs is 2. The molecule has 0 amide bonds. The summed E-state index contributed by atoms with van der Waals surface area (Å²) in [5, 5.41) is 3.80. The molecule has 7 heteroatoms. The van der Waals surface area contributed by atoms with Crippen molar-refractivity contribution in [3.63, 3.8) is 0 Å². The number of sulfonamides is 1. The maximum atomic E-state index is 14.4. The number of carbonyl (C=O) groups is 2. The van der Waals surface area contributed by atoms with Crippen LogP contribution in [0.25, 0.3) is 21.5 Å². The van der Waals surface area contributed by atoms with E-state index in [1.807, 2.05) is 97.1 Å². The van der Waals surface area contributed by atoms with Crippen LogP contribution < -0.4 is 4.31 Å². The Labute approximate surface area is 268 Å². The van der Waals surface area contributed by atoms with Crippen LogP contribution in [0.1, 0.15) is 27.9 Å². The summed E-state index contributed by atoms with van der Waals surface area (Å²) in [4.78, 5) is 26.5. The summed E-state index contributed by atoms with van der Waals surface area (Å²) in [7, 11) is -2.76. The molecule has 0 N–H and O–H groups in total. The molecule has 0 bridgehead atoms. The second-order valence-electron chi connectivity index (χ2n) is 11.3. The quantitative estimate of drug-likeness (QED) is 0.107. The number of rotatable bonds is 11. The van der Waals surface area contributed by atoms with E-state index in [2.05, 4.69) is 0 Å². The van der Waals surface area contributed by atoms with Crippen LogP contribution in [0.4, 0.5) is 5.69 Å². The van der Waals surface area contributed by atoms with Crippen LogP contribution in [-0.4, -0.2) is 27.3 Å². The zero-order valence-electron chi connectivity index (χ0n) is 25.4. The first-order valence-electron chi connectivity index (χ1n) is 15.1. The number of hydrogen-bond acceptors (Lipinski definition) is 5. The number of methoxy groups -OCH3 is 1. The number of ether oxygens (including phenoxy) is 1. The van der Waals surface area contributed by atoms with Gasteiger partial charge in [-0.1, -0.05) is 109 Å². The number of esters is 1. The largest absolute Gasteiger partial charge is 0.469 e. The van der Waals surface area contributed by atoms with Crippen molar-refractivity contribution in [2.75, 3.05) is 11.4 Å². The average molecular weight is 628 g/mol. The van der Waals surface area contributed by atoms with Crippen LogP contribution in [0.3, 0.4) is 0 Å². The van der Waals surface area contributed by atoms with Gasteiger partial charge in [-0.05, 0) is 69.4 Å². The fraction of sp³-hybridized carbons (Fsp3) is 0.128. The number of Topliss-reactive ketones (excluding diaryl/α,β-unsaturated/α-hetero) is 1. The molecule has 1 unspecified atom stereocenters. The Morgan fingerprint density at radius 3 is 1.98 bits per heavy atom. The van der Waals surface area contributed by atoms with E-state index < -0.39 is 21.9 Å². The smallest absolute Gasteiger partial charge is 0.309 e. The van der Waals surface area contributed by atoms with Gasteiger partial charge in [0.25, 0.3) is 10.0 Å². The zero-order chi connectivity index (χ0) is 32.1. The number of nitrogens with zero attached hydrogens (tertiary/aromatic N) is 1. The molecule has 0 aromatic heterocycles. The first kappa shape index (κ1) is 30.7. The maximum Gasteiger partial charge on any atom is 0.309 e. The van der Waals surface area contributed by atoms with Crippen molar-refractivity contribution in [1.82, 2.24) is 0 Å². The molecule has 0 heterocycles. The summed E-state index contributed by atoms with van der Waals surface area (Å²) in [5.41, 5.74) is 2.39. The molecule has 230 valence electrons. The highest BCUT2D eigenvalue weighted by atomic mass is 32.2. The summed E-state index contributed by atoms with van der Waals surface area (Å²) >= 11 is 0. The Bertz CT molecular complexity index is 2140. The number of ketones is 1. The Morgan fingerprint density at radius 1 is 0.652 bits per heavy atom. The van der Waals surface area contributed by atoms with E-state index in [-0.39, 0.29) is 23.6 Å². The zero-order valence-corrected chi connectivity index (χ0v) is 26.2. The highest BCUT2D eigenvalue weighted by Gasteiger charge is 2.28. The molecule has 0 spiro atoms. The molecule has 1 atom stereocenters. The molecular weight excluding hydrogens is 594 g/mol. The van der Waals surface area contributed by atoms with E-state index in [1.54, 1.807) is 42.5 Å². The van der Waals surface area contributed by atoms with Crippen molar-refractivity contribution in [2.45, 2.75) is 24.3 Å². The SMILES string of the molecule is COC(=O)C(CC(=O)c1cccc(N(Cc2ccc3ccccc3c2)S(=O)(=O)c2ccc3ccccc3c2)c1)Cc1ccccc1. The number of hydrogen-bond donors (Lipinski definition) is 0. The predicted octanol–water partition coefficient (Wildman–Crippen LogP) is 7.99. The fourth-order valence-electron chi connectivity index (χ4n) is 5.75. The molecule has 6 rings (SSSR count). The van der Waals surface area contributed by atoms with Gasteiger partial charge in [-0.15, -0.1) is 0 Å². The highest BCUT2D eigenvalue weighted by Crippen LogP contribution is 2.30. The van der Waals surface area contributed by atoms with E-state index in [4.69, 9.17) is 4.74 Å². The van der Waals surface area contributed by atoms with Crippen LogP contribution >= 0.6 is 0 Å². The first-order chi connectivity index (χ1) is 22.3. The lowest BCUT2D eigenvalue weighted by Gasteiger charge is -2.26. The van der Waals surface area contributed by atoms with Crippen LogP contribution in [0.2, 0.25) is 0 Å². The lowest BCUT2D eigenvalue weighted by molar-refractivity contribution is -0.145. The third-order valence-corrected chi connectivity index (χ3v) is 9.97. The van der Waals surface area contributed by atoms with Gasteiger partial charge in [0.05, 0.1) is 30.2 Å². The summed E-state index contributed by atoms with van der Waals surface area (Å²) in [6.07, 6.45) is 0.274. The van der Waals surface area contributed by atoms with Crippen LogP contribution in [0.15, 0.2) is 144 Å². The van der Waals surface area contributed by atoms with Crippen molar-refractivity contribution >= 4 is 49.0 Å². The molecule has 0 aliphatic rings. The minimum absolute atomic E-state index is 0.0520. The molecule has 6 aromatic carbocycles. The Kier molecular flexibility index (Phi) is 8.94. The van der Waals surface area contributed by atoms with Gasteiger partial charge in [-0.2, -0.15) is 0 Å². The van der Waals surface area contributed by atoms with Gasteiger partial charge in [0.2, 0.25) is 0 Å². The summed E-state index contributed by atoms with van der Waals surface area (Å²) in [5.74, 6) is -1.43. The molecule has 0 fully saturated rings. The summed E-state index contributed by atoms with van der Waals surface area (Å²) < 4.78 is 35.2. The minimum Gasteiger partial charge on any atom is -0.469 e. The first-order valence-corrected chi connectivity index (χ1v) is 16.5. The van der Waals surface area contributed by atoms with Gasteiger partial charge in [-0.3, -0.25) is 13.9 Å². The Balaban J connectivity index is 1.37. The van der Waals surface area contributed by atoms with Gasteiger partial charge in [0.15, 0.2) is 5.78 Å². The van der Waals surface area contributed by atoms with Crippen molar-refractivity contribution in [3.05, 3.63) is 156 Å². The number of carbonyl (C=O) groups excluding carboxylic acids is 2. The summed E-state index contributed by atoms with van der Waals surface area (Å²) in [6, 6.07) is 42.6. The van der Waals surface area contributed by atoms with E-state index >= 15 is 0 Å². The molecule has 0 saturated carbocycles. The van der Waals surface area contributed by atoms with Gasteiger partial charge in [0, 0.05) is 12.0 Å². The normalized spacial score (nSPS) is 12.1. The van der Waals surface area contributed by atoms with E-state index in [9.17, 15) is 18.0 Å². The molecule has 6 aromatic rings. The van der Waals surface area contributed by atoms with Crippen LogP contribution in [0, 0.1) is 5.92 Å². The topological polar surface area (TPSA) is 80.8 Å². The lowest BCUT2D eigenvalue weighted by Crippen LogP contribution is -2.31. The van der Waals surface area contributed by atoms with E-state index in [0.717, 1.165) is 32.7 Å². The molecule has 6 nitrogen and oxygen atoms in total. The van der Waals surface area contributed by atoms with Crippen molar-refractivity contribution < 1.29 is 22.7 Å².